The first-order valence-electron chi connectivity index (χ1n) is 5.48. The molecule has 0 atom stereocenters. The van der Waals surface area contributed by atoms with Gasteiger partial charge in [0.1, 0.15) is 0 Å². The summed E-state index contributed by atoms with van der Waals surface area (Å²) in [6.45, 7) is 1.70. The number of ether oxygens (including phenoxy) is 1. The fourth-order valence-corrected chi connectivity index (χ4v) is 1.62. The Bertz CT molecular complexity index is 456. The monoisotopic (exact) mass is 216 g/mol. The van der Waals surface area contributed by atoms with Crippen LogP contribution in [0.4, 0.5) is 5.69 Å². The third-order valence-electron chi connectivity index (χ3n) is 2.44. The number of hydrogen-bond acceptors (Lipinski definition) is 3. The van der Waals surface area contributed by atoms with E-state index in [2.05, 4.69) is 22.4 Å². The minimum absolute atomic E-state index is 0.786. The van der Waals surface area contributed by atoms with Crippen molar-refractivity contribution in [2.24, 2.45) is 0 Å². The van der Waals surface area contributed by atoms with Crippen molar-refractivity contribution in [1.29, 1.82) is 0 Å². The predicted molar refractivity (Wildman–Crippen MR) is 66.7 cm³/mol. The Morgan fingerprint density at radius 3 is 3.06 bits per heavy atom. The van der Waals surface area contributed by atoms with Gasteiger partial charge in [0.05, 0.1) is 17.4 Å². The summed E-state index contributed by atoms with van der Waals surface area (Å²) < 4.78 is 4.99. The van der Waals surface area contributed by atoms with Crippen molar-refractivity contribution in [2.75, 3.05) is 25.6 Å². The third kappa shape index (κ3) is 2.70. The molecular formula is C13H16N2O. The first-order valence-corrected chi connectivity index (χ1v) is 5.48. The highest BCUT2D eigenvalue weighted by Gasteiger charge is 1.96. The number of anilines is 1. The minimum atomic E-state index is 0.786. The van der Waals surface area contributed by atoms with Crippen LogP contribution in [0.1, 0.15) is 6.42 Å². The number of nitrogens with zero attached hydrogens (tertiary/aromatic N) is 1. The maximum Gasteiger partial charge on any atom is 0.0703 e. The number of pyridine rings is 1. The standard InChI is InChI=1S/C13H16N2O/c1-16-8-4-7-14-12-9-11-5-2-3-6-13(11)15-10-12/h2-3,5-6,9-10,14H,4,7-8H2,1H3. The zero-order chi connectivity index (χ0) is 11.2. The van der Waals surface area contributed by atoms with E-state index in [1.165, 1.54) is 5.39 Å². The van der Waals surface area contributed by atoms with Crippen LogP contribution in [-0.2, 0) is 4.74 Å². The van der Waals surface area contributed by atoms with Gasteiger partial charge in [0.15, 0.2) is 0 Å². The molecular weight excluding hydrogens is 200 g/mol. The molecule has 0 bridgehead atoms. The van der Waals surface area contributed by atoms with Crippen LogP contribution in [-0.4, -0.2) is 25.2 Å². The number of rotatable bonds is 5. The summed E-state index contributed by atoms with van der Waals surface area (Å²) in [6, 6.07) is 10.2. The molecule has 0 fully saturated rings. The summed E-state index contributed by atoms with van der Waals surface area (Å²) in [6.07, 6.45) is 2.87. The van der Waals surface area contributed by atoms with Crippen LogP contribution in [0.3, 0.4) is 0 Å². The number of nitrogens with one attached hydrogen (secondary N) is 1. The average Bonchev–Trinajstić information content (AvgIpc) is 2.34. The lowest BCUT2D eigenvalue weighted by atomic mass is 10.2. The Labute approximate surface area is 95.5 Å². The van der Waals surface area contributed by atoms with Crippen LogP contribution in [0.25, 0.3) is 10.9 Å². The second-order valence-corrected chi connectivity index (χ2v) is 3.69. The molecule has 1 N–H and O–H groups in total. The van der Waals surface area contributed by atoms with Gasteiger partial charge in [-0.3, -0.25) is 4.98 Å². The molecule has 0 aliphatic heterocycles. The minimum Gasteiger partial charge on any atom is -0.385 e. The van der Waals surface area contributed by atoms with Crippen molar-refractivity contribution in [3.8, 4) is 0 Å². The lowest BCUT2D eigenvalue weighted by Crippen LogP contribution is -2.04. The van der Waals surface area contributed by atoms with Crippen LogP contribution in [0.15, 0.2) is 36.5 Å². The molecule has 0 radical (unpaired) electrons. The van der Waals surface area contributed by atoms with Gasteiger partial charge in [0, 0.05) is 25.6 Å². The van der Waals surface area contributed by atoms with E-state index in [1.54, 1.807) is 7.11 Å². The van der Waals surface area contributed by atoms with Gasteiger partial charge in [0.2, 0.25) is 0 Å². The molecule has 0 aliphatic rings. The molecule has 0 saturated carbocycles. The van der Waals surface area contributed by atoms with Gasteiger partial charge in [-0.25, -0.2) is 0 Å². The number of hydrogen-bond donors (Lipinski definition) is 1. The number of fused-ring (bicyclic) bond motifs is 1. The molecule has 2 aromatic rings. The van der Waals surface area contributed by atoms with Crippen molar-refractivity contribution in [1.82, 2.24) is 4.98 Å². The third-order valence-corrected chi connectivity index (χ3v) is 2.44. The van der Waals surface area contributed by atoms with E-state index in [9.17, 15) is 0 Å². The van der Waals surface area contributed by atoms with Gasteiger partial charge in [-0.1, -0.05) is 18.2 Å². The maximum atomic E-state index is 4.99. The average molecular weight is 216 g/mol. The van der Waals surface area contributed by atoms with E-state index in [0.717, 1.165) is 30.8 Å². The van der Waals surface area contributed by atoms with E-state index in [4.69, 9.17) is 4.74 Å². The highest BCUT2D eigenvalue weighted by Crippen LogP contribution is 2.15. The van der Waals surface area contributed by atoms with Gasteiger partial charge >= 0.3 is 0 Å². The van der Waals surface area contributed by atoms with Gasteiger partial charge in [-0.15, -0.1) is 0 Å². The summed E-state index contributed by atoms with van der Waals surface area (Å²) >= 11 is 0. The molecule has 16 heavy (non-hydrogen) atoms. The molecule has 0 spiro atoms. The lowest BCUT2D eigenvalue weighted by Gasteiger charge is -2.06. The molecule has 1 heterocycles. The number of para-hydroxylation sites is 1. The largest absolute Gasteiger partial charge is 0.385 e. The predicted octanol–water partition coefficient (Wildman–Crippen LogP) is 2.68. The summed E-state index contributed by atoms with van der Waals surface area (Å²) in [4.78, 5) is 4.39. The Hall–Kier alpha value is -1.61. The van der Waals surface area contributed by atoms with E-state index in [1.807, 2.05) is 24.4 Å². The first-order chi connectivity index (χ1) is 7.90. The van der Waals surface area contributed by atoms with Gasteiger partial charge in [-0.05, 0) is 18.6 Å². The molecule has 1 aromatic heterocycles. The fraction of sp³-hybridized carbons (Fsp3) is 0.308. The van der Waals surface area contributed by atoms with Gasteiger partial charge < -0.3 is 10.1 Å². The van der Waals surface area contributed by atoms with Crippen molar-refractivity contribution < 1.29 is 4.74 Å². The Morgan fingerprint density at radius 2 is 2.19 bits per heavy atom. The molecule has 0 unspecified atom stereocenters. The summed E-state index contributed by atoms with van der Waals surface area (Å²) in [5, 5.41) is 4.50. The molecule has 0 aliphatic carbocycles. The summed E-state index contributed by atoms with van der Waals surface area (Å²) in [5.41, 5.74) is 2.10. The molecule has 3 nitrogen and oxygen atoms in total. The van der Waals surface area contributed by atoms with E-state index >= 15 is 0 Å². The van der Waals surface area contributed by atoms with Crippen LogP contribution >= 0.6 is 0 Å². The number of methoxy groups -OCH3 is 1. The number of aromatic nitrogens is 1. The number of benzene rings is 1. The zero-order valence-electron chi connectivity index (χ0n) is 9.44. The lowest BCUT2D eigenvalue weighted by molar-refractivity contribution is 0.198. The Morgan fingerprint density at radius 1 is 1.31 bits per heavy atom. The molecule has 84 valence electrons. The van der Waals surface area contributed by atoms with Crippen LogP contribution in [0.5, 0.6) is 0 Å². The molecule has 0 amide bonds. The second-order valence-electron chi connectivity index (χ2n) is 3.69. The molecule has 2 rings (SSSR count). The highest BCUT2D eigenvalue weighted by molar-refractivity contribution is 5.81. The van der Waals surface area contributed by atoms with E-state index in [-0.39, 0.29) is 0 Å². The van der Waals surface area contributed by atoms with Crippen LogP contribution < -0.4 is 5.32 Å². The van der Waals surface area contributed by atoms with E-state index in [0.29, 0.717) is 0 Å². The zero-order valence-corrected chi connectivity index (χ0v) is 9.44. The second kappa shape index (κ2) is 5.47. The summed E-state index contributed by atoms with van der Waals surface area (Å²) in [7, 11) is 1.72. The Kier molecular flexibility index (Phi) is 3.72. The van der Waals surface area contributed by atoms with Gasteiger partial charge in [0.25, 0.3) is 0 Å². The normalized spacial score (nSPS) is 10.6. The molecule has 0 saturated heterocycles. The Balaban J connectivity index is 2.02. The molecule has 3 heteroatoms. The fourth-order valence-electron chi connectivity index (χ4n) is 1.62. The van der Waals surface area contributed by atoms with Crippen molar-refractivity contribution >= 4 is 16.6 Å². The van der Waals surface area contributed by atoms with Crippen LogP contribution in [0, 0.1) is 0 Å². The smallest absolute Gasteiger partial charge is 0.0703 e. The maximum absolute atomic E-state index is 4.99. The highest BCUT2D eigenvalue weighted by atomic mass is 16.5. The first kappa shape index (κ1) is 10.9. The van der Waals surface area contributed by atoms with Crippen molar-refractivity contribution in [3.63, 3.8) is 0 Å². The molecule has 1 aromatic carbocycles. The summed E-state index contributed by atoms with van der Waals surface area (Å²) in [5.74, 6) is 0. The SMILES string of the molecule is COCCCNc1cnc2ccccc2c1. The quantitative estimate of drug-likeness (QED) is 0.780. The van der Waals surface area contributed by atoms with Crippen molar-refractivity contribution in [3.05, 3.63) is 36.5 Å². The van der Waals surface area contributed by atoms with E-state index < -0.39 is 0 Å². The van der Waals surface area contributed by atoms with Gasteiger partial charge in [-0.2, -0.15) is 0 Å². The topological polar surface area (TPSA) is 34.1 Å². The van der Waals surface area contributed by atoms with Crippen LogP contribution in [0.2, 0.25) is 0 Å². The van der Waals surface area contributed by atoms with Crippen molar-refractivity contribution in [2.45, 2.75) is 6.42 Å².